The number of thiophene rings is 1. The van der Waals surface area contributed by atoms with Gasteiger partial charge >= 0.3 is 12.0 Å². The van der Waals surface area contributed by atoms with Crippen LogP contribution in [0.3, 0.4) is 0 Å². The lowest BCUT2D eigenvalue weighted by atomic mass is 10.2. The Morgan fingerprint density at radius 1 is 1.17 bits per heavy atom. The SMILES string of the molecule is O=C(Nc1cc(-c2ccc(Cl)cc2)sc1C(=O)O)NC1CCCC1. The van der Waals surface area contributed by atoms with E-state index in [1.54, 1.807) is 18.2 Å². The number of carboxylic acid groups (broad SMARTS) is 1. The molecule has 0 spiro atoms. The number of carbonyl (C=O) groups is 2. The lowest BCUT2D eigenvalue weighted by molar-refractivity contribution is 0.0703. The van der Waals surface area contributed by atoms with E-state index >= 15 is 0 Å². The first-order valence-corrected chi connectivity index (χ1v) is 8.93. The molecule has 1 saturated carbocycles. The summed E-state index contributed by atoms with van der Waals surface area (Å²) in [7, 11) is 0. The highest BCUT2D eigenvalue weighted by atomic mass is 35.5. The van der Waals surface area contributed by atoms with Crippen molar-refractivity contribution < 1.29 is 14.7 Å². The van der Waals surface area contributed by atoms with Crippen LogP contribution in [-0.2, 0) is 0 Å². The van der Waals surface area contributed by atoms with Crippen molar-refractivity contribution in [3.63, 3.8) is 0 Å². The van der Waals surface area contributed by atoms with Crippen molar-refractivity contribution in [3.05, 3.63) is 40.2 Å². The van der Waals surface area contributed by atoms with Crippen molar-refractivity contribution in [2.45, 2.75) is 31.7 Å². The Balaban J connectivity index is 1.79. The van der Waals surface area contributed by atoms with Crippen LogP contribution >= 0.6 is 22.9 Å². The third-order valence-electron chi connectivity index (χ3n) is 3.99. The summed E-state index contributed by atoms with van der Waals surface area (Å²) in [4.78, 5) is 24.4. The topological polar surface area (TPSA) is 78.4 Å². The largest absolute Gasteiger partial charge is 0.477 e. The summed E-state index contributed by atoms with van der Waals surface area (Å²) in [5, 5.41) is 15.6. The van der Waals surface area contributed by atoms with Crippen LogP contribution in [0.25, 0.3) is 10.4 Å². The highest BCUT2D eigenvalue weighted by molar-refractivity contribution is 7.18. The molecule has 1 fully saturated rings. The quantitative estimate of drug-likeness (QED) is 0.726. The number of aromatic carboxylic acids is 1. The number of urea groups is 1. The van der Waals surface area contributed by atoms with Gasteiger partial charge in [-0.3, -0.25) is 0 Å². The highest BCUT2D eigenvalue weighted by Crippen LogP contribution is 2.35. The minimum Gasteiger partial charge on any atom is -0.477 e. The molecule has 7 heteroatoms. The van der Waals surface area contributed by atoms with Crippen LogP contribution in [-0.4, -0.2) is 23.1 Å². The van der Waals surface area contributed by atoms with Crippen molar-refractivity contribution in [2.75, 3.05) is 5.32 Å². The van der Waals surface area contributed by atoms with Gasteiger partial charge in [0.15, 0.2) is 0 Å². The summed E-state index contributed by atoms with van der Waals surface area (Å²) >= 11 is 7.01. The lowest BCUT2D eigenvalue weighted by Crippen LogP contribution is -2.36. The zero-order chi connectivity index (χ0) is 17.1. The van der Waals surface area contributed by atoms with Gasteiger partial charge < -0.3 is 15.7 Å². The normalized spacial score (nSPS) is 14.5. The Labute approximate surface area is 148 Å². The van der Waals surface area contributed by atoms with Crippen LogP contribution in [0.2, 0.25) is 5.02 Å². The lowest BCUT2D eigenvalue weighted by Gasteiger charge is -2.12. The molecule has 1 aromatic heterocycles. The number of benzene rings is 1. The minimum absolute atomic E-state index is 0.113. The van der Waals surface area contributed by atoms with E-state index in [9.17, 15) is 14.7 Å². The predicted octanol–water partition coefficient (Wildman–Crippen LogP) is 4.83. The number of carboxylic acids is 1. The second-order valence-corrected chi connectivity index (χ2v) is 7.23. The molecule has 0 bridgehead atoms. The number of hydrogen-bond acceptors (Lipinski definition) is 3. The van der Waals surface area contributed by atoms with E-state index in [0.717, 1.165) is 47.5 Å². The number of rotatable bonds is 4. The van der Waals surface area contributed by atoms with Gasteiger partial charge in [-0.1, -0.05) is 36.6 Å². The number of nitrogens with one attached hydrogen (secondary N) is 2. The smallest absolute Gasteiger partial charge is 0.348 e. The van der Waals surface area contributed by atoms with Crippen molar-refractivity contribution in [1.29, 1.82) is 0 Å². The standard InChI is InChI=1S/C17H17ClN2O3S/c18-11-7-5-10(6-8-11)14-9-13(15(24-14)16(21)22)20-17(23)19-12-3-1-2-4-12/h5-9,12H,1-4H2,(H,21,22)(H2,19,20,23). The van der Waals surface area contributed by atoms with Gasteiger partial charge in [-0.2, -0.15) is 0 Å². The molecular weight excluding hydrogens is 348 g/mol. The van der Waals surface area contributed by atoms with Crippen molar-refractivity contribution in [2.24, 2.45) is 0 Å². The number of amides is 2. The van der Waals surface area contributed by atoms with Crippen molar-refractivity contribution in [3.8, 4) is 10.4 Å². The van der Waals surface area contributed by atoms with Gasteiger partial charge in [0.25, 0.3) is 0 Å². The molecule has 1 aromatic carbocycles. The second-order valence-electron chi connectivity index (χ2n) is 5.75. The highest BCUT2D eigenvalue weighted by Gasteiger charge is 2.21. The average Bonchev–Trinajstić information content (AvgIpc) is 3.18. The first-order valence-electron chi connectivity index (χ1n) is 7.73. The van der Waals surface area contributed by atoms with E-state index in [0.29, 0.717) is 10.7 Å². The monoisotopic (exact) mass is 364 g/mol. The Morgan fingerprint density at radius 2 is 1.83 bits per heavy atom. The van der Waals surface area contributed by atoms with Crippen LogP contribution in [0.1, 0.15) is 35.4 Å². The van der Waals surface area contributed by atoms with Crippen LogP contribution < -0.4 is 10.6 Å². The Kier molecular flexibility index (Phi) is 5.06. The number of hydrogen-bond donors (Lipinski definition) is 3. The molecule has 1 heterocycles. The molecule has 3 N–H and O–H groups in total. The summed E-state index contributed by atoms with van der Waals surface area (Å²) in [6, 6.07) is 8.64. The number of carbonyl (C=O) groups excluding carboxylic acids is 1. The molecule has 1 aliphatic carbocycles. The van der Waals surface area contributed by atoms with Crippen LogP contribution in [0.4, 0.5) is 10.5 Å². The van der Waals surface area contributed by atoms with E-state index in [1.807, 2.05) is 12.1 Å². The molecule has 24 heavy (non-hydrogen) atoms. The first-order chi connectivity index (χ1) is 11.5. The van der Waals surface area contributed by atoms with Crippen molar-refractivity contribution in [1.82, 2.24) is 5.32 Å². The van der Waals surface area contributed by atoms with Crippen molar-refractivity contribution >= 4 is 40.6 Å². The molecule has 0 unspecified atom stereocenters. The third kappa shape index (κ3) is 3.88. The van der Waals surface area contributed by atoms with Gasteiger partial charge in [0.05, 0.1) is 5.69 Å². The Hall–Kier alpha value is -2.05. The maximum Gasteiger partial charge on any atom is 0.348 e. The molecule has 0 saturated heterocycles. The first kappa shape index (κ1) is 16.8. The van der Waals surface area contributed by atoms with E-state index in [1.165, 1.54) is 0 Å². The second kappa shape index (κ2) is 7.23. The summed E-state index contributed by atoms with van der Waals surface area (Å²) < 4.78 is 0. The minimum atomic E-state index is -1.06. The number of halogens is 1. The zero-order valence-electron chi connectivity index (χ0n) is 12.8. The molecule has 0 aliphatic heterocycles. The fourth-order valence-corrected chi connectivity index (χ4v) is 3.90. The summed E-state index contributed by atoms with van der Waals surface area (Å²) in [5.41, 5.74) is 1.17. The fourth-order valence-electron chi connectivity index (χ4n) is 2.81. The molecule has 2 amide bonds. The third-order valence-corrected chi connectivity index (χ3v) is 5.42. The Morgan fingerprint density at radius 3 is 2.46 bits per heavy atom. The molecule has 126 valence electrons. The summed E-state index contributed by atoms with van der Waals surface area (Å²) in [6.07, 6.45) is 4.17. The van der Waals surface area contributed by atoms with E-state index in [-0.39, 0.29) is 17.0 Å². The average molecular weight is 365 g/mol. The molecule has 3 rings (SSSR count). The maximum atomic E-state index is 12.1. The van der Waals surface area contributed by atoms with Gasteiger partial charge in [-0.25, -0.2) is 9.59 Å². The molecule has 0 atom stereocenters. The van der Waals surface area contributed by atoms with E-state index < -0.39 is 5.97 Å². The van der Waals surface area contributed by atoms with Gasteiger partial charge in [0.2, 0.25) is 0 Å². The van der Waals surface area contributed by atoms with Gasteiger partial charge in [-0.05, 0) is 36.6 Å². The molecule has 5 nitrogen and oxygen atoms in total. The van der Waals surface area contributed by atoms with E-state index in [2.05, 4.69) is 10.6 Å². The van der Waals surface area contributed by atoms with Crippen LogP contribution in [0.5, 0.6) is 0 Å². The predicted molar refractivity (Wildman–Crippen MR) is 96.1 cm³/mol. The Bertz CT molecular complexity index is 752. The molecule has 0 radical (unpaired) electrons. The molecule has 1 aliphatic rings. The van der Waals surface area contributed by atoms with E-state index in [4.69, 9.17) is 11.6 Å². The number of anilines is 1. The maximum absolute atomic E-state index is 12.1. The van der Waals surface area contributed by atoms with Gasteiger partial charge in [0.1, 0.15) is 4.88 Å². The molecular formula is C17H17ClN2O3S. The summed E-state index contributed by atoms with van der Waals surface area (Å²) in [6.45, 7) is 0. The molecule has 2 aromatic rings. The summed E-state index contributed by atoms with van der Waals surface area (Å²) in [5.74, 6) is -1.06. The van der Waals surface area contributed by atoms with Crippen LogP contribution in [0, 0.1) is 0 Å². The zero-order valence-corrected chi connectivity index (χ0v) is 14.4. The van der Waals surface area contributed by atoms with Crippen LogP contribution in [0.15, 0.2) is 30.3 Å². The fraction of sp³-hybridized carbons (Fsp3) is 0.294. The van der Waals surface area contributed by atoms with Gasteiger partial charge in [-0.15, -0.1) is 11.3 Å². The van der Waals surface area contributed by atoms with Gasteiger partial charge in [0, 0.05) is 15.9 Å².